The molecule has 1 aliphatic heterocycles. The number of halogens is 1. The minimum atomic E-state index is -0.300. The van der Waals surface area contributed by atoms with Crippen molar-refractivity contribution < 1.29 is 9.18 Å². The van der Waals surface area contributed by atoms with Crippen molar-refractivity contribution in [2.24, 2.45) is 0 Å². The Morgan fingerprint density at radius 2 is 1.96 bits per heavy atom. The van der Waals surface area contributed by atoms with Crippen LogP contribution in [0.1, 0.15) is 30.1 Å². The Balaban J connectivity index is 1.29. The number of likely N-dealkylation sites (N-methyl/N-ethyl adjacent to an activating group) is 1. The summed E-state index contributed by atoms with van der Waals surface area (Å²) in [6, 6.07) is 15.1. The van der Waals surface area contributed by atoms with E-state index in [0.717, 1.165) is 25.9 Å². The highest BCUT2D eigenvalue weighted by molar-refractivity contribution is 5.78. The van der Waals surface area contributed by atoms with E-state index < -0.39 is 0 Å². The van der Waals surface area contributed by atoms with Crippen LogP contribution in [0.2, 0.25) is 0 Å². The molecule has 1 aliphatic rings. The quantitative estimate of drug-likeness (QED) is 0.737. The molecule has 1 aromatic heterocycles. The summed E-state index contributed by atoms with van der Waals surface area (Å²) in [6.45, 7) is 2.68. The first kappa shape index (κ1) is 18.6. The number of amides is 1. The average Bonchev–Trinajstić information content (AvgIpc) is 3.10. The molecule has 1 saturated heterocycles. The summed E-state index contributed by atoms with van der Waals surface area (Å²) < 4.78 is 13.3. The fraction of sp³-hybridized carbons (Fsp3) is 0.364. The number of benzene rings is 2. The van der Waals surface area contributed by atoms with Crippen LogP contribution >= 0.6 is 0 Å². The molecule has 2 heterocycles. The summed E-state index contributed by atoms with van der Waals surface area (Å²) in [5.74, 6) is 1.02. The number of rotatable bonds is 5. The van der Waals surface area contributed by atoms with Crippen LogP contribution in [0, 0.1) is 5.82 Å². The lowest BCUT2D eigenvalue weighted by molar-refractivity contribution is -0.132. The number of nitrogens with zero attached hydrogens (tertiary/aromatic N) is 3. The molecule has 0 atom stereocenters. The molecule has 3 aromatic rings. The summed E-state index contributed by atoms with van der Waals surface area (Å²) in [4.78, 5) is 24.1. The van der Waals surface area contributed by atoms with Crippen LogP contribution < -0.4 is 0 Å². The number of imidazole rings is 1. The van der Waals surface area contributed by atoms with Gasteiger partial charge in [0.15, 0.2) is 0 Å². The Bertz CT molecular complexity index is 948. The van der Waals surface area contributed by atoms with Crippen LogP contribution in [0.4, 0.5) is 4.39 Å². The van der Waals surface area contributed by atoms with Gasteiger partial charge in [0.2, 0.25) is 5.91 Å². The third-order valence-electron chi connectivity index (χ3n) is 5.52. The van der Waals surface area contributed by atoms with Crippen molar-refractivity contribution in [2.75, 3.05) is 26.7 Å². The van der Waals surface area contributed by atoms with Gasteiger partial charge in [-0.3, -0.25) is 9.69 Å². The molecule has 1 fully saturated rings. The van der Waals surface area contributed by atoms with Crippen LogP contribution in [-0.2, 0) is 11.3 Å². The zero-order valence-corrected chi connectivity index (χ0v) is 16.1. The lowest BCUT2D eigenvalue weighted by atomic mass is 9.89. The predicted molar refractivity (Wildman–Crippen MR) is 107 cm³/mol. The topological polar surface area (TPSA) is 52.2 Å². The molecule has 1 amide bonds. The van der Waals surface area contributed by atoms with Gasteiger partial charge in [0, 0.05) is 7.05 Å². The Morgan fingerprint density at radius 1 is 1.21 bits per heavy atom. The van der Waals surface area contributed by atoms with E-state index >= 15 is 0 Å². The predicted octanol–water partition coefficient (Wildman–Crippen LogP) is 3.54. The van der Waals surface area contributed by atoms with Crippen molar-refractivity contribution in [1.82, 2.24) is 19.8 Å². The second kappa shape index (κ2) is 8.10. The maximum atomic E-state index is 13.3. The lowest BCUT2D eigenvalue weighted by Gasteiger charge is -2.32. The van der Waals surface area contributed by atoms with Crippen molar-refractivity contribution in [1.29, 1.82) is 0 Å². The van der Waals surface area contributed by atoms with Gasteiger partial charge in [-0.05, 0) is 55.6 Å². The molecule has 0 aliphatic carbocycles. The molecule has 0 spiro atoms. The number of likely N-dealkylation sites (tertiary alicyclic amines) is 1. The van der Waals surface area contributed by atoms with Crippen molar-refractivity contribution in [2.45, 2.75) is 25.3 Å². The van der Waals surface area contributed by atoms with Gasteiger partial charge in [0.1, 0.15) is 11.6 Å². The van der Waals surface area contributed by atoms with Gasteiger partial charge in [-0.2, -0.15) is 0 Å². The number of nitrogens with one attached hydrogen (secondary N) is 1. The third kappa shape index (κ3) is 4.22. The number of piperidine rings is 1. The highest BCUT2D eigenvalue weighted by Crippen LogP contribution is 2.27. The van der Waals surface area contributed by atoms with E-state index in [1.165, 1.54) is 17.7 Å². The van der Waals surface area contributed by atoms with Crippen LogP contribution in [0.5, 0.6) is 0 Å². The highest BCUT2D eigenvalue weighted by Gasteiger charge is 2.23. The van der Waals surface area contributed by atoms with E-state index in [9.17, 15) is 9.18 Å². The van der Waals surface area contributed by atoms with E-state index in [0.29, 0.717) is 35.9 Å². The van der Waals surface area contributed by atoms with Crippen LogP contribution in [0.3, 0.4) is 0 Å². The van der Waals surface area contributed by atoms with E-state index in [1.54, 1.807) is 18.0 Å². The average molecular weight is 380 g/mol. The summed E-state index contributed by atoms with van der Waals surface area (Å²) in [5, 5.41) is 0. The van der Waals surface area contributed by atoms with Gasteiger partial charge in [-0.15, -0.1) is 0 Å². The number of hydrogen-bond acceptors (Lipinski definition) is 3. The van der Waals surface area contributed by atoms with Crippen molar-refractivity contribution in [3.63, 3.8) is 0 Å². The molecule has 146 valence electrons. The Kier molecular flexibility index (Phi) is 5.39. The molecular weight excluding hydrogens is 355 g/mol. The van der Waals surface area contributed by atoms with Crippen molar-refractivity contribution in [3.05, 3.63) is 65.7 Å². The van der Waals surface area contributed by atoms with Gasteiger partial charge >= 0.3 is 0 Å². The molecule has 2 aromatic carbocycles. The summed E-state index contributed by atoms with van der Waals surface area (Å²) in [5.41, 5.74) is 2.76. The monoisotopic (exact) mass is 380 g/mol. The van der Waals surface area contributed by atoms with Crippen LogP contribution in [-0.4, -0.2) is 52.4 Å². The largest absolute Gasteiger partial charge is 0.340 e. The fourth-order valence-corrected chi connectivity index (χ4v) is 3.88. The number of carbonyl (C=O) groups is 1. The summed E-state index contributed by atoms with van der Waals surface area (Å²) in [7, 11) is 1.78. The SMILES string of the molecule is CN(Cc1nc2ccc(F)cc2[nH]1)C(=O)CN1CCC(c2ccccc2)CC1. The number of aromatic nitrogens is 2. The molecule has 1 N–H and O–H groups in total. The number of fused-ring (bicyclic) bond motifs is 1. The van der Waals surface area contributed by atoms with E-state index in [2.05, 4.69) is 39.1 Å². The van der Waals surface area contributed by atoms with E-state index in [1.807, 2.05) is 6.07 Å². The van der Waals surface area contributed by atoms with E-state index in [-0.39, 0.29) is 11.7 Å². The zero-order chi connectivity index (χ0) is 19.5. The maximum Gasteiger partial charge on any atom is 0.236 e. The third-order valence-corrected chi connectivity index (χ3v) is 5.52. The van der Waals surface area contributed by atoms with E-state index in [4.69, 9.17) is 0 Å². The fourth-order valence-electron chi connectivity index (χ4n) is 3.88. The summed E-state index contributed by atoms with van der Waals surface area (Å²) >= 11 is 0. The van der Waals surface area contributed by atoms with Gasteiger partial charge in [0.25, 0.3) is 0 Å². The second-order valence-corrected chi connectivity index (χ2v) is 7.56. The molecule has 0 saturated carbocycles. The first-order valence-electron chi connectivity index (χ1n) is 9.74. The van der Waals surface area contributed by atoms with Crippen molar-refractivity contribution in [3.8, 4) is 0 Å². The molecule has 28 heavy (non-hydrogen) atoms. The Labute approximate surface area is 164 Å². The first-order chi connectivity index (χ1) is 13.6. The van der Waals surface area contributed by atoms with Crippen LogP contribution in [0.25, 0.3) is 11.0 Å². The maximum absolute atomic E-state index is 13.3. The van der Waals surface area contributed by atoms with Crippen LogP contribution in [0.15, 0.2) is 48.5 Å². The molecular formula is C22H25FN4O. The normalized spacial score (nSPS) is 15.8. The molecule has 4 rings (SSSR count). The Hall–Kier alpha value is -2.73. The molecule has 0 unspecified atom stereocenters. The zero-order valence-electron chi connectivity index (χ0n) is 16.1. The minimum absolute atomic E-state index is 0.0739. The minimum Gasteiger partial charge on any atom is -0.340 e. The van der Waals surface area contributed by atoms with Gasteiger partial charge in [-0.1, -0.05) is 30.3 Å². The standard InChI is InChI=1S/C22H25FN4O/c1-26(14-21-24-19-8-7-18(23)13-20(19)25-21)22(28)15-27-11-9-17(10-12-27)16-5-3-2-4-6-16/h2-8,13,17H,9-12,14-15H2,1H3,(H,24,25). The summed E-state index contributed by atoms with van der Waals surface area (Å²) in [6.07, 6.45) is 2.16. The van der Waals surface area contributed by atoms with Gasteiger partial charge in [-0.25, -0.2) is 9.37 Å². The number of H-pyrrole nitrogens is 1. The number of hydrogen-bond donors (Lipinski definition) is 1. The highest BCUT2D eigenvalue weighted by atomic mass is 19.1. The van der Waals surface area contributed by atoms with Gasteiger partial charge < -0.3 is 9.88 Å². The molecule has 6 heteroatoms. The van der Waals surface area contributed by atoms with Gasteiger partial charge in [0.05, 0.1) is 24.1 Å². The molecule has 0 bridgehead atoms. The second-order valence-electron chi connectivity index (χ2n) is 7.56. The number of carbonyl (C=O) groups excluding carboxylic acids is 1. The lowest BCUT2D eigenvalue weighted by Crippen LogP contribution is -2.41. The molecule has 5 nitrogen and oxygen atoms in total. The Morgan fingerprint density at radius 3 is 2.71 bits per heavy atom. The van der Waals surface area contributed by atoms with Crippen molar-refractivity contribution >= 4 is 16.9 Å². The molecule has 0 radical (unpaired) electrons. The number of aromatic amines is 1. The smallest absolute Gasteiger partial charge is 0.236 e. The first-order valence-corrected chi connectivity index (χ1v) is 9.74.